The van der Waals surface area contributed by atoms with Gasteiger partial charge in [-0.2, -0.15) is 5.10 Å². The average molecular weight is 280 g/mol. The molecule has 0 unspecified atom stereocenters. The van der Waals surface area contributed by atoms with Crippen LogP contribution in [0.5, 0.6) is 11.5 Å². The van der Waals surface area contributed by atoms with E-state index in [0.29, 0.717) is 0 Å². The fourth-order valence-electron chi connectivity index (χ4n) is 2.19. The van der Waals surface area contributed by atoms with Crippen molar-refractivity contribution in [1.29, 1.82) is 0 Å². The second-order valence-electron chi connectivity index (χ2n) is 4.63. The van der Waals surface area contributed by atoms with E-state index in [1.807, 2.05) is 54.6 Å². The van der Waals surface area contributed by atoms with Crippen molar-refractivity contribution in [2.75, 3.05) is 14.2 Å². The molecule has 0 aliphatic heterocycles. The largest absolute Gasteiger partial charge is 0.497 e. The predicted octanol–water partition coefficient (Wildman–Crippen LogP) is 3.76. The van der Waals surface area contributed by atoms with Gasteiger partial charge in [-0.1, -0.05) is 24.3 Å². The number of aromatic nitrogens is 2. The van der Waals surface area contributed by atoms with Crippen LogP contribution in [0.15, 0.2) is 54.6 Å². The van der Waals surface area contributed by atoms with E-state index in [1.165, 1.54) is 0 Å². The summed E-state index contributed by atoms with van der Waals surface area (Å²) in [5.41, 5.74) is 3.88. The molecule has 3 aromatic rings. The van der Waals surface area contributed by atoms with Gasteiger partial charge in [-0.25, -0.2) is 0 Å². The minimum atomic E-state index is 0.818. The standard InChI is InChI=1S/C17H16N2O2/c1-20-14-7-3-5-12(9-14)16-11-17(19-18-16)13-6-4-8-15(10-13)21-2/h3-11H,1-2H3,(H,18,19). The van der Waals surface area contributed by atoms with Crippen LogP contribution in [-0.2, 0) is 0 Å². The van der Waals surface area contributed by atoms with Gasteiger partial charge in [0, 0.05) is 11.1 Å². The molecule has 4 heteroatoms. The van der Waals surface area contributed by atoms with Crippen molar-refractivity contribution < 1.29 is 9.47 Å². The number of nitrogens with one attached hydrogen (secondary N) is 1. The van der Waals surface area contributed by atoms with E-state index in [4.69, 9.17) is 9.47 Å². The molecule has 1 N–H and O–H groups in total. The van der Waals surface area contributed by atoms with Crippen LogP contribution in [0.2, 0.25) is 0 Å². The van der Waals surface area contributed by atoms with Crippen LogP contribution in [0, 0.1) is 0 Å². The first kappa shape index (κ1) is 13.2. The highest BCUT2D eigenvalue weighted by molar-refractivity contribution is 5.69. The van der Waals surface area contributed by atoms with Gasteiger partial charge in [-0.05, 0) is 30.3 Å². The zero-order valence-corrected chi connectivity index (χ0v) is 12.0. The lowest BCUT2D eigenvalue weighted by Gasteiger charge is -2.02. The Balaban J connectivity index is 1.95. The summed E-state index contributed by atoms with van der Waals surface area (Å²) in [4.78, 5) is 0. The van der Waals surface area contributed by atoms with Crippen LogP contribution in [-0.4, -0.2) is 24.4 Å². The summed E-state index contributed by atoms with van der Waals surface area (Å²) in [6.45, 7) is 0. The molecule has 0 radical (unpaired) electrons. The third-order valence-electron chi connectivity index (χ3n) is 3.32. The summed E-state index contributed by atoms with van der Waals surface area (Å²) in [7, 11) is 3.32. The van der Waals surface area contributed by atoms with Gasteiger partial charge in [0.1, 0.15) is 11.5 Å². The molecule has 1 aromatic heterocycles. The topological polar surface area (TPSA) is 47.1 Å². The molecule has 0 spiro atoms. The van der Waals surface area contributed by atoms with E-state index in [2.05, 4.69) is 10.2 Å². The molecule has 3 rings (SSSR count). The van der Waals surface area contributed by atoms with Crippen molar-refractivity contribution in [2.45, 2.75) is 0 Å². The normalized spacial score (nSPS) is 10.4. The zero-order valence-electron chi connectivity index (χ0n) is 12.0. The molecule has 0 aliphatic rings. The van der Waals surface area contributed by atoms with Crippen LogP contribution in [0.1, 0.15) is 0 Å². The highest BCUT2D eigenvalue weighted by atomic mass is 16.5. The second kappa shape index (κ2) is 5.71. The monoisotopic (exact) mass is 280 g/mol. The fraction of sp³-hybridized carbons (Fsp3) is 0.118. The zero-order chi connectivity index (χ0) is 14.7. The van der Waals surface area contributed by atoms with Gasteiger partial charge >= 0.3 is 0 Å². The number of nitrogens with zero attached hydrogens (tertiary/aromatic N) is 1. The molecular weight excluding hydrogens is 264 g/mol. The lowest BCUT2D eigenvalue weighted by Crippen LogP contribution is -1.83. The number of rotatable bonds is 4. The lowest BCUT2D eigenvalue weighted by molar-refractivity contribution is 0.415. The Morgan fingerprint density at radius 3 is 2.10 bits per heavy atom. The molecule has 4 nitrogen and oxygen atoms in total. The minimum absolute atomic E-state index is 0.818. The maximum atomic E-state index is 5.25. The quantitative estimate of drug-likeness (QED) is 0.791. The first-order valence-corrected chi connectivity index (χ1v) is 6.64. The molecule has 0 saturated heterocycles. The maximum absolute atomic E-state index is 5.25. The van der Waals surface area contributed by atoms with E-state index < -0.39 is 0 Å². The van der Waals surface area contributed by atoms with Crippen molar-refractivity contribution in [3.8, 4) is 34.0 Å². The van der Waals surface area contributed by atoms with Crippen LogP contribution in [0.3, 0.4) is 0 Å². The van der Waals surface area contributed by atoms with Gasteiger partial charge in [-0.3, -0.25) is 5.10 Å². The van der Waals surface area contributed by atoms with Gasteiger partial charge in [0.15, 0.2) is 0 Å². The number of benzene rings is 2. The minimum Gasteiger partial charge on any atom is -0.497 e. The highest BCUT2D eigenvalue weighted by Gasteiger charge is 2.07. The van der Waals surface area contributed by atoms with Crippen LogP contribution < -0.4 is 9.47 Å². The molecule has 0 saturated carbocycles. The van der Waals surface area contributed by atoms with Gasteiger partial charge in [0.25, 0.3) is 0 Å². The summed E-state index contributed by atoms with van der Waals surface area (Å²) >= 11 is 0. The Morgan fingerprint density at radius 1 is 0.810 bits per heavy atom. The summed E-state index contributed by atoms with van der Waals surface area (Å²) < 4.78 is 10.5. The predicted molar refractivity (Wildman–Crippen MR) is 82.6 cm³/mol. The second-order valence-corrected chi connectivity index (χ2v) is 4.63. The Kier molecular flexibility index (Phi) is 3.60. The smallest absolute Gasteiger partial charge is 0.119 e. The summed E-state index contributed by atoms with van der Waals surface area (Å²) in [5.74, 6) is 1.64. The number of methoxy groups -OCH3 is 2. The highest BCUT2D eigenvalue weighted by Crippen LogP contribution is 2.27. The Hall–Kier alpha value is -2.75. The maximum Gasteiger partial charge on any atom is 0.119 e. The molecule has 0 amide bonds. The molecule has 2 aromatic carbocycles. The molecule has 21 heavy (non-hydrogen) atoms. The molecule has 0 atom stereocenters. The third kappa shape index (κ3) is 2.74. The van der Waals surface area contributed by atoms with Gasteiger partial charge in [0.2, 0.25) is 0 Å². The Bertz CT molecular complexity index is 688. The molecule has 1 heterocycles. The van der Waals surface area contributed by atoms with Crippen molar-refractivity contribution in [1.82, 2.24) is 10.2 Å². The molecule has 0 bridgehead atoms. The number of hydrogen-bond donors (Lipinski definition) is 1. The van der Waals surface area contributed by atoms with Crippen molar-refractivity contribution in [2.24, 2.45) is 0 Å². The van der Waals surface area contributed by atoms with E-state index in [9.17, 15) is 0 Å². The first-order chi connectivity index (χ1) is 10.3. The van der Waals surface area contributed by atoms with Crippen molar-refractivity contribution in [3.63, 3.8) is 0 Å². The first-order valence-electron chi connectivity index (χ1n) is 6.64. The van der Waals surface area contributed by atoms with E-state index in [1.54, 1.807) is 14.2 Å². The Labute approximate surface area is 123 Å². The van der Waals surface area contributed by atoms with E-state index >= 15 is 0 Å². The molecule has 106 valence electrons. The summed E-state index contributed by atoms with van der Waals surface area (Å²) in [5, 5.41) is 7.44. The van der Waals surface area contributed by atoms with Crippen molar-refractivity contribution in [3.05, 3.63) is 54.6 Å². The van der Waals surface area contributed by atoms with Gasteiger partial charge in [0.05, 0.1) is 25.6 Å². The molecule has 0 aliphatic carbocycles. The number of ether oxygens (including phenoxy) is 2. The summed E-state index contributed by atoms with van der Waals surface area (Å²) in [6, 6.07) is 17.7. The number of H-pyrrole nitrogens is 1. The molecular formula is C17H16N2O2. The van der Waals surface area contributed by atoms with Crippen LogP contribution in [0.25, 0.3) is 22.5 Å². The summed E-state index contributed by atoms with van der Waals surface area (Å²) in [6.07, 6.45) is 0. The number of hydrogen-bond acceptors (Lipinski definition) is 3. The van der Waals surface area contributed by atoms with E-state index in [-0.39, 0.29) is 0 Å². The van der Waals surface area contributed by atoms with Crippen LogP contribution >= 0.6 is 0 Å². The average Bonchev–Trinajstić information content (AvgIpc) is 3.05. The van der Waals surface area contributed by atoms with Crippen molar-refractivity contribution >= 4 is 0 Å². The van der Waals surface area contributed by atoms with Gasteiger partial charge in [-0.15, -0.1) is 0 Å². The third-order valence-corrected chi connectivity index (χ3v) is 3.32. The molecule has 0 fully saturated rings. The fourth-order valence-corrected chi connectivity index (χ4v) is 2.19. The number of aromatic amines is 1. The van der Waals surface area contributed by atoms with Gasteiger partial charge < -0.3 is 9.47 Å². The van der Waals surface area contributed by atoms with E-state index in [0.717, 1.165) is 34.0 Å². The Morgan fingerprint density at radius 2 is 1.43 bits per heavy atom. The SMILES string of the molecule is COc1cccc(-c2cc(-c3cccc(OC)c3)[nH]n2)c1. The van der Waals surface area contributed by atoms with Crippen LogP contribution in [0.4, 0.5) is 0 Å². The lowest BCUT2D eigenvalue weighted by atomic mass is 10.1.